The maximum absolute atomic E-state index is 12.8. The summed E-state index contributed by atoms with van der Waals surface area (Å²) in [7, 11) is 0. The van der Waals surface area contributed by atoms with Gasteiger partial charge in [-0.25, -0.2) is 0 Å². The number of ketones is 1. The number of carbonyl (C=O) groups excluding carboxylic acids is 1. The second-order valence-electron chi connectivity index (χ2n) is 12.7. The van der Waals surface area contributed by atoms with Gasteiger partial charge < -0.3 is 0 Å². The number of carbonyl (C=O) groups is 1. The van der Waals surface area contributed by atoms with Crippen LogP contribution >= 0.6 is 0 Å². The molecule has 2 aliphatic rings. The van der Waals surface area contributed by atoms with Crippen molar-refractivity contribution in [2.24, 2.45) is 21.7 Å². The van der Waals surface area contributed by atoms with Crippen LogP contribution < -0.4 is 0 Å². The molecule has 0 N–H and O–H groups in total. The Morgan fingerprint density at radius 1 is 0.655 bits per heavy atom. The van der Waals surface area contributed by atoms with E-state index in [4.69, 9.17) is 0 Å². The number of hydrogen-bond donors (Lipinski definition) is 0. The fraction of sp³-hybridized carbons (Fsp3) is 0.679. The third-order valence-corrected chi connectivity index (χ3v) is 7.83. The van der Waals surface area contributed by atoms with E-state index in [0.29, 0.717) is 17.6 Å². The maximum Gasteiger partial charge on any atom is 0.144 e. The molecule has 29 heavy (non-hydrogen) atoms. The molecule has 1 aromatic rings. The van der Waals surface area contributed by atoms with Gasteiger partial charge in [0, 0.05) is 10.8 Å². The molecule has 0 bridgehead atoms. The quantitative estimate of drug-likeness (QED) is 0.463. The number of hydrogen-bond acceptors (Lipinski definition) is 1. The number of allylic oxidation sites excluding steroid dienone is 2. The minimum Gasteiger partial charge on any atom is -0.299 e. The Bertz CT molecular complexity index is 781. The van der Waals surface area contributed by atoms with Crippen LogP contribution in [-0.4, -0.2) is 5.78 Å². The molecule has 160 valence electrons. The predicted octanol–water partition coefficient (Wildman–Crippen LogP) is 8.06. The zero-order valence-corrected chi connectivity index (χ0v) is 20.3. The molecule has 1 unspecified atom stereocenters. The van der Waals surface area contributed by atoms with Gasteiger partial charge in [-0.2, -0.15) is 0 Å². The molecule has 1 atom stereocenters. The highest BCUT2D eigenvalue weighted by atomic mass is 16.1. The van der Waals surface area contributed by atoms with E-state index in [1.807, 2.05) is 0 Å². The minimum absolute atomic E-state index is 0.233. The fourth-order valence-corrected chi connectivity index (χ4v) is 6.24. The third kappa shape index (κ3) is 4.54. The summed E-state index contributed by atoms with van der Waals surface area (Å²) in [6.07, 6.45) is 6.83. The van der Waals surface area contributed by atoms with Crippen LogP contribution in [0.2, 0.25) is 0 Å². The first kappa shape index (κ1) is 22.3. The van der Waals surface area contributed by atoms with Crippen LogP contribution in [0.5, 0.6) is 0 Å². The van der Waals surface area contributed by atoms with Gasteiger partial charge >= 0.3 is 0 Å². The molecule has 0 amide bonds. The van der Waals surface area contributed by atoms with Crippen LogP contribution in [0.3, 0.4) is 0 Å². The van der Waals surface area contributed by atoms with Crippen LogP contribution in [-0.2, 0) is 4.79 Å². The normalized spacial score (nSPS) is 28.5. The summed E-state index contributed by atoms with van der Waals surface area (Å²) >= 11 is 0. The first-order valence-corrected chi connectivity index (χ1v) is 11.5. The van der Waals surface area contributed by atoms with Crippen molar-refractivity contribution in [2.45, 2.75) is 99.8 Å². The summed E-state index contributed by atoms with van der Waals surface area (Å²) < 4.78 is 0. The molecule has 1 fully saturated rings. The lowest BCUT2D eigenvalue weighted by molar-refractivity contribution is -0.140. The van der Waals surface area contributed by atoms with Crippen LogP contribution in [0.25, 0.3) is 0 Å². The van der Waals surface area contributed by atoms with E-state index in [0.717, 1.165) is 12.8 Å². The van der Waals surface area contributed by atoms with E-state index >= 15 is 0 Å². The average molecular weight is 395 g/mol. The summed E-state index contributed by atoms with van der Waals surface area (Å²) in [4.78, 5) is 12.8. The SMILES string of the molecule is CC1=CC(C)(C)CC(c2ccc(C3CC(C)(C)C(=O)C(C)(C)C3)cc2)CC1(C)C. The van der Waals surface area contributed by atoms with Gasteiger partial charge in [-0.1, -0.05) is 91.3 Å². The topological polar surface area (TPSA) is 17.1 Å². The first-order chi connectivity index (χ1) is 13.1. The van der Waals surface area contributed by atoms with Gasteiger partial charge in [-0.3, -0.25) is 4.79 Å². The summed E-state index contributed by atoms with van der Waals surface area (Å²) in [6, 6.07) is 9.47. The second-order valence-corrected chi connectivity index (χ2v) is 12.7. The lowest BCUT2D eigenvalue weighted by atomic mass is 9.59. The number of rotatable bonds is 2. The van der Waals surface area contributed by atoms with Crippen molar-refractivity contribution in [3.8, 4) is 0 Å². The van der Waals surface area contributed by atoms with Crippen LogP contribution in [0.1, 0.15) is 111 Å². The highest BCUT2D eigenvalue weighted by molar-refractivity contribution is 5.90. The lowest BCUT2D eigenvalue weighted by Gasteiger charge is -2.43. The van der Waals surface area contributed by atoms with Crippen molar-refractivity contribution in [1.29, 1.82) is 0 Å². The minimum atomic E-state index is -0.233. The predicted molar refractivity (Wildman–Crippen MR) is 124 cm³/mol. The van der Waals surface area contributed by atoms with Gasteiger partial charge in [0.05, 0.1) is 0 Å². The summed E-state index contributed by atoms with van der Waals surface area (Å²) in [5, 5.41) is 0. The highest BCUT2D eigenvalue weighted by Crippen LogP contribution is 2.50. The molecule has 0 heterocycles. The van der Waals surface area contributed by atoms with Gasteiger partial charge in [0.25, 0.3) is 0 Å². The molecule has 1 aromatic carbocycles. The molecular formula is C28H42O. The Morgan fingerprint density at radius 2 is 1.03 bits per heavy atom. The molecule has 2 aliphatic carbocycles. The van der Waals surface area contributed by atoms with Crippen LogP contribution in [0.15, 0.2) is 35.9 Å². The molecule has 0 radical (unpaired) electrons. The fourth-order valence-electron chi connectivity index (χ4n) is 6.24. The maximum atomic E-state index is 12.8. The standard InChI is InChI=1S/C28H42O/c1-19-14-25(2,3)15-22(16-26(19,4)5)20-10-12-21(13-11-20)23-17-27(6,7)24(29)28(8,9)18-23/h10-14,22-23H,15-18H2,1-9H3. The first-order valence-electron chi connectivity index (χ1n) is 11.5. The van der Waals surface area contributed by atoms with Crippen molar-refractivity contribution in [3.63, 3.8) is 0 Å². The Balaban J connectivity index is 1.85. The Morgan fingerprint density at radius 3 is 1.48 bits per heavy atom. The second kappa shape index (κ2) is 7.10. The molecule has 1 nitrogen and oxygen atoms in total. The van der Waals surface area contributed by atoms with Crippen LogP contribution in [0.4, 0.5) is 0 Å². The van der Waals surface area contributed by atoms with E-state index in [1.54, 1.807) is 0 Å². The molecule has 3 rings (SSSR count). The molecular weight excluding hydrogens is 352 g/mol. The zero-order chi connectivity index (χ0) is 21.8. The largest absolute Gasteiger partial charge is 0.299 e. The van der Waals surface area contributed by atoms with Gasteiger partial charge in [0.1, 0.15) is 5.78 Å². The number of benzene rings is 1. The molecule has 1 heteroatoms. The van der Waals surface area contributed by atoms with Crippen molar-refractivity contribution in [2.75, 3.05) is 0 Å². The summed E-state index contributed by atoms with van der Waals surface area (Å²) in [6.45, 7) is 20.4. The van der Waals surface area contributed by atoms with E-state index < -0.39 is 0 Å². The van der Waals surface area contributed by atoms with Gasteiger partial charge in [0.15, 0.2) is 0 Å². The third-order valence-electron chi connectivity index (χ3n) is 7.83. The Labute approximate surface area is 179 Å². The zero-order valence-electron chi connectivity index (χ0n) is 20.3. The van der Waals surface area contributed by atoms with Crippen LogP contribution in [0, 0.1) is 21.7 Å². The van der Waals surface area contributed by atoms with E-state index in [2.05, 4.69) is 92.7 Å². The van der Waals surface area contributed by atoms with Gasteiger partial charge in [0.2, 0.25) is 0 Å². The van der Waals surface area contributed by atoms with E-state index in [1.165, 1.54) is 29.5 Å². The summed E-state index contributed by atoms with van der Waals surface area (Å²) in [5.74, 6) is 1.48. The van der Waals surface area contributed by atoms with Crippen molar-refractivity contribution in [1.82, 2.24) is 0 Å². The average Bonchev–Trinajstić information content (AvgIpc) is 2.65. The monoisotopic (exact) mass is 394 g/mol. The molecule has 1 saturated carbocycles. The Hall–Kier alpha value is -1.37. The molecule has 0 saturated heterocycles. The highest BCUT2D eigenvalue weighted by Gasteiger charge is 2.46. The Kier molecular flexibility index (Phi) is 5.47. The lowest BCUT2D eigenvalue weighted by Crippen LogP contribution is -2.43. The molecule has 0 aromatic heterocycles. The molecule has 0 aliphatic heterocycles. The molecule has 0 spiro atoms. The van der Waals surface area contributed by atoms with E-state index in [-0.39, 0.29) is 21.7 Å². The van der Waals surface area contributed by atoms with Crippen molar-refractivity contribution < 1.29 is 4.79 Å². The van der Waals surface area contributed by atoms with Gasteiger partial charge in [-0.15, -0.1) is 0 Å². The van der Waals surface area contributed by atoms with Gasteiger partial charge in [-0.05, 0) is 66.4 Å². The van der Waals surface area contributed by atoms with E-state index in [9.17, 15) is 4.79 Å². The summed E-state index contributed by atoms with van der Waals surface area (Å²) in [5.41, 5.74) is 4.42. The van der Waals surface area contributed by atoms with Crippen molar-refractivity contribution >= 4 is 5.78 Å². The number of Topliss-reactive ketones (excluding diaryl/α,β-unsaturated/α-hetero) is 1. The van der Waals surface area contributed by atoms with Crippen molar-refractivity contribution in [3.05, 3.63) is 47.0 Å². The smallest absolute Gasteiger partial charge is 0.144 e.